The second-order valence-electron chi connectivity index (χ2n) is 7.87. The summed E-state index contributed by atoms with van der Waals surface area (Å²) in [7, 11) is -10.1. The summed E-state index contributed by atoms with van der Waals surface area (Å²) in [5.74, 6) is -0.00128. The summed E-state index contributed by atoms with van der Waals surface area (Å²) in [6.07, 6.45) is 0. The molecule has 162 valence electrons. The zero-order valence-electron chi connectivity index (χ0n) is 16.6. The molecule has 0 radical (unpaired) electrons. The summed E-state index contributed by atoms with van der Waals surface area (Å²) in [4.78, 5) is 0. The van der Waals surface area contributed by atoms with Crippen LogP contribution in [-0.4, -0.2) is 16.8 Å². The molecule has 0 atom stereocenters. The van der Waals surface area contributed by atoms with Gasteiger partial charge in [0, 0.05) is 32.3 Å². The second-order valence-corrected chi connectivity index (χ2v) is 10.4. The van der Waals surface area contributed by atoms with Crippen LogP contribution in [0.4, 0.5) is 0 Å². The molecule has 0 unspecified atom stereocenters. The van der Waals surface area contributed by atoms with E-state index in [-0.39, 0.29) is 11.5 Å². The van der Waals surface area contributed by atoms with Crippen molar-refractivity contribution in [3.8, 4) is 11.5 Å². The van der Waals surface area contributed by atoms with Crippen molar-refractivity contribution >= 4 is 74.7 Å². The Morgan fingerprint density at radius 1 is 0.424 bits per heavy atom. The van der Waals surface area contributed by atoms with Crippen molar-refractivity contribution in [1.82, 2.24) is 0 Å². The minimum absolute atomic E-state index is 0.000640. The van der Waals surface area contributed by atoms with Crippen molar-refractivity contribution in [2.24, 2.45) is 0 Å². The summed E-state index contributed by atoms with van der Waals surface area (Å²) in [5, 5.41) is 6.87. The summed E-state index contributed by atoms with van der Waals surface area (Å²) >= 11 is 0. The van der Waals surface area contributed by atoms with Crippen LogP contribution in [-0.2, 0) is 24.4 Å². The number of hydrogen-bond acceptors (Lipinski definition) is 7. The lowest BCUT2D eigenvalue weighted by atomic mass is 9.88. The van der Waals surface area contributed by atoms with E-state index in [4.69, 9.17) is 8.37 Å². The molecule has 1 heterocycles. The zero-order chi connectivity index (χ0) is 22.5. The van der Waals surface area contributed by atoms with Gasteiger partial charge in [0.2, 0.25) is 0 Å². The molecule has 7 rings (SSSR count). The third-order valence-electron chi connectivity index (χ3n) is 6.11. The fourth-order valence-corrected chi connectivity index (χ4v) is 6.76. The Morgan fingerprint density at radius 3 is 1.21 bits per heavy atom. The molecule has 0 saturated heterocycles. The lowest BCUT2D eigenvalue weighted by molar-refractivity contribution is 0.354. The van der Waals surface area contributed by atoms with E-state index in [1.54, 1.807) is 36.4 Å². The maximum atomic E-state index is 12.7. The highest BCUT2D eigenvalue weighted by molar-refractivity contribution is 7.95. The van der Waals surface area contributed by atoms with Crippen molar-refractivity contribution in [2.75, 3.05) is 0 Å². The van der Waals surface area contributed by atoms with E-state index < -0.39 is 20.8 Å². The molecule has 1 aliphatic heterocycles. The first-order valence-corrected chi connectivity index (χ1v) is 12.6. The molecule has 0 aromatic heterocycles. The predicted molar refractivity (Wildman–Crippen MR) is 125 cm³/mol. The van der Waals surface area contributed by atoms with Gasteiger partial charge in [-0.3, -0.25) is 0 Å². The van der Waals surface area contributed by atoms with Crippen LogP contribution < -0.4 is 8.37 Å². The minimum atomic E-state index is -5.03. The van der Waals surface area contributed by atoms with Gasteiger partial charge in [-0.2, -0.15) is 16.8 Å². The molecule has 0 N–H and O–H groups in total. The zero-order valence-corrected chi connectivity index (χ0v) is 18.2. The van der Waals surface area contributed by atoms with Crippen LogP contribution in [0.1, 0.15) is 0 Å². The van der Waals surface area contributed by atoms with Crippen LogP contribution in [0.2, 0.25) is 0 Å². The molecule has 6 aromatic carbocycles. The maximum absolute atomic E-state index is 12.7. The molecule has 6 bridgehead atoms. The standard InChI is InChI=1S/C24H12O7S2/c25-32(26)29-23-17-7-3-1-5-13(17)15-9-11-20-22-16(10-12-19(23)21(15)22)14-6-2-4-8-18(14)24(20)30-33(27,28)31-32/h1-12H. The van der Waals surface area contributed by atoms with Crippen molar-refractivity contribution in [3.05, 3.63) is 72.8 Å². The molecule has 6 aromatic rings. The second kappa shape index (κ2) is 6.02. The number of benzene rings is 6. The van der Waals surface area contributed by atoms with E-state index in [1.807, 2.05) is 36.4 Å². The predicted octanol–water partition coefficient (Wildman–Crippen LogP) is 5.17. The van der Waals surface area contributed by atoms with Crippen molar-refractivity contribution in [3.63, 3.8) is 0 Å². The number of fused-ring (bicyclic) bond motifs is 6. The van der Waals surface area contributed by atoms with Gasteiger partial charge in [-0.25, -0.2) is 0 Å². The lowest BCUT2D eigenvalue weighted by Gasteiger charge is -2.18. The van der Waals surface area contributed by atoms with Crippen LogP contribution in [0.25, 0.3) is 53.9 Å². The lowest BCUT2D eigenvalue weighted by Crippen LogP contribution is -2.22. The van der Waals surface area contributed by atoms with Gasteiger partial charge >= 0.3 is 20.8 Å². The smallest absolute Gasteiger partial charge is 0.360 e. The molecule has 1 aliphatic rings. The molecule has 0 saturated carbocycles. The summed E-state index contributed by atoms with van der Waals surface area (Å²) in [5.41, 5.74) is 0. The summed E-state index contributed by atoms with van der Waals surface area (Å²) in [6.45, 7) is 0. The highest BCUT2D eigenvalue weighted by Crippen LogP contribution is 2.49. The van der Waals surface area contributed by atoms with Gasteiger partial charge in [-0.15, -0.1) is 0 Å². The van der Waals surface area contributed by atoms with E-state index in [9.17, 15) is 16.8 Å². The van der Waals surface area contributed by atoms with E-state index in [0.29, 0.717) is 21.5 Å². The van der Waals surface area contributed by atoms with Gasteiger partial charge in [0.1, 0.15) is 0 Å². The molecule has 0 spiro atoms. The fraction of sp³-hybridized carbons (Fsp3) is 0. The molecule has 9 heteroatoms. The Labute approximate surface area is 187 Å². The number of hydrogen-bond donors (Lipinski definition) is 0. The van der Waals surface area contributed by atoms with Gasteiger partial charge in [-0.1, -0.05) is 64.3 Å². The van der Waals surface area contributed by atoms with Crippen LogP contribution in [0.5, 0.6) is 11.5 Å². The molecule has 33 heavy (non-hydrogen) atoms. The Bertz CT molecular complexity index is 1880. The molecular formula is C24H12O7S2. The van der Waals surface area contributed by atoms with Gasteiger partial charge in [-0.05, 0) is 33.7 Å². The third kappa shape index (κ3) is 2.52. The Kier molecular flexibility index (Phi) is 3.44. The Hall–Kier alpha value is -3.66. The van der Waals surface area contributed by atoms with Crippen LogP contribution >= 0.6 is 0 Å². The van der Waals surface area contributed by atoms with Crippen molar-refractivity contribution in [2.45, 2.75) is 0 Å². The Morgan fingerprint density at radius 2 is 0.788 bits per heavy atom. The first-order chi connectivity index (χ1) is 15.8. The van der Waals surface area contributed by atoms with Gasteiger partial charge in [0.15, 0.2) is 11.5 Å². The van der Waals surface area contributed by atoms with E-state index in [2.05, 4.69) is 3.63 Å². The van der Waals surface area contributed by atoms with E-state index in [1.165, 1.54) is 0 Å². The van der Waals surface area contributed by atoms with Gasteiger partial charge in [0.25, 0.3) is 0 Å². The minimum Gasteiger partial charge on any atom is -0.360 e. The van der Waals surface area contributed by atoms with Gasteiger partial charge < -0.3 is 8.37 Å². The first kappa shape index (κ1) is 18.9. The van der Waals surface area contributed by atoms with Gasteiger partial charge in [0.05, 0.1) is 0 Å². The van der Waals surface area contributed by atoms with Crippen LogP contribution in [0.3, 0.4) is 0 Å². The average molecular weight is 476 g/mol. The van der Waals surface area contributed by atoms with E-state index in [0.717, 1.165) is 32.3 Å². The quantitative estimate of drug-likeness (QED) is 0.220. The molecule has 0 amide bonds. The first-order valence-electron chi connectivity index (χ1n) is 9.97. The fourth-order valence-electron chi connectivity index (χ4n) is 4.96. The molecule has 0 aliphatic carbocycles. The highest BCUT2D eigenvalue weighted by atomic mass is 32.3. The SMILES string of the molecule is O=S1(=O)Oc2c3ccccc3c3ccc4c(c5ccccc5c5ccc2c3c45)OS(=O)(=O)O1. The Balaban J connectivity index is 1.87. The molecular weight excluding hydrogens is 464 g/mol. The third-order valence-corrected chi connectivity index (χ3v) is 8.19. The largest absolute Gasteiger partial charge is 0.466 e. The average Bonchev–Trinajstić information content (AvgIpc) is 2.79. The normalized spacial score (nSPS) is 17.2. The monoisotopic (exact) mass is 476 g/mol. The topological polar surface area (TPSA) is 96.0 Å². The van der Waals surface area contributed by atoms with Crippen molar-refractivity contribution < 1.29 is 28.8 Å². The summed E-state index contributed by atoms with van der Waals surface area (Å²) in [6, 6.07) is 21.7. The van der Waals surface area contributed by atoms with Crippen LogP contribution in [0.15, 0.2) is 72.8 Å². The van der Waals surface area contributed by atoms with Crippen molar-refractivity contribution in [1.29, 1.82) is 0 Å². The number of rotatable bonds is 0. The molecule has 0 fully saturated rings. The van der Waals surface area contributed by atoms with Crippen LogP contribution in [0, 0.1) is 0 Å². The maximum Gasteiger partial charge on any atom is 0.466 e. The summed E-state index contributed by atoms with van der Waals surface area (Å²) < 4.78 is 65.8. The molecule has 7 nitrogen and oxygen atoms in total. The van der Waals surface area contributed by atoms with E-state index >= 15 is 0 Å². The highest BCUT2D eigenvalue weighted by Gasteiger charge is 2.32.